The molecule has 0 atom stereocenters. The summed E-state index contributed by atoms with van der Waals surface area (Å²) in [4.78, 5) is 10.9. The molecule has 0 radical (unpaired) electrons. The number of carbonyl (C=O) groups is 1. The Labute approximate surface area is 80.7 Å². The van der Waals surface area contributed by atoms with Crippen molar-refractivity contribution in [2.75, 3.05) is 13.2 Å². The van der Waals surface area contributed by atoms with Crippen LogP contribution in [0.5, 0.6) is 0 Å². The van der Waals surface area contributed by atoms with Gasteiger partial charge in [-0.25, -0.2) is 0 Å². The smallest absolute Gasteiger partial charge is 0.129 e. The van der Waals surface area contributed by atoms with Crippen molar-refractivity contribution in [3.63, 3.8) is 0 Å². The molecule has 0 aromatic rings. The average Bonchev–Trinajstić information content (AvgIpc) is 1.93. The molecule has 76 valence electrons. The summed E-state index contributed by atoms with van der Waals surface area (Å²) < 4.78 is 5.26. The third-order valence-corrected chi connectivity index (χ3v) is 2.67. The van der Waals surface area contributed by atoms with E-state index in [0.29, 0.717) is 17.1 Å². The van der Waals surface area contributed by atoms with Gasteiger partial charge >= 0.3 is 0 Å². The summed E-state index contributed by atoms with van der Waals surface area (Å²) >= 11 is 0. The number of rotatable bonds is 5. The van der Waals surface area contributed by atoms with E-state index in [4.69, 9.17) is 4.74 Å². The van der Waals surface area contributed by atoms with Crippen molar-refractivity contribution in [1.82, 2.24) is 0 Å². The highest BCUT2D eigenvalue weighted by molar-refractivity contribution is 5.75. The minimum absolute atomic E-state index is 0.301. The molecule has 0 aromatic carbocycles. The Hall–Kier alpha value is -0.370. The van der Waals surface area contributed by atoms with Gasteiger partial charge in [-0.1, -0.05) is 13.8 Å². The van der Waals surface area contributed by atoms with Gasteiger partial charge in [0.25, 0.3) is 0 Å². The highest BCUT2D eigenvalue weighted by Crippen LogP contribution is 2.38. The molecule has 0 saturated carbocycles. The third kappa shape index (κ3) is 3.11. The minimum atomic E-state index is 0.301. The fourth-order valence-electron chi connectivity index (χ4n) is 2.06. The lowest BCUT2D eigenvalue weighted by atomic mass is 9.74. The SMILES string of the molecule is CC(=O)CCC1(CC(C)C)COC1. The van der Waals surface area contributed by atoms with Crippen LogP contribution in [-0.4, -0.2) is 19.0 Å². The summed E-state index contributed by atoms with van der Waals surface area (Å²) in [5.74, 6) is 1.01. The zero-order chi connectivity index (χ0) is 9.90. The van der Waals surface area contributed by atoms with Crippen molar-refractivity contribution in [1.29, 1.82) is 0 Å². The second kappa shape index (κ2) is 4.23. The van der Waals surface area contributed by atoms with E-state index in [-0.39, 0.29) is 0 Å². The molecule has 2 heteroatoms. The Kier molecular flexibility index (Phi) is 3.48. The summed E-state index contributed by atoms with van der Waals surface area (Å²) in [7, 11) is 0. The molecule has 0 spiro atoms. The molecule has 13 heavy (non-hydrogen) atoms. The predicted molar refractivity (Wildman–Crippen MR) is 52.6 cm³/mol. The molecule has 0 bridgehead atoms. The van der Waals surface area contributed by atoms with Crippen molar-refractivity contribution in [2.24, 2.45) is 11.3 Å². The third-order valence-electron chi connectivity index (χ3n) is 2.67. The molecule has 1 saturated heterocycles. The minimum Gasteiger partial charge on any atom is -0.380 e. The van der Waals surface area contributed by atoms with Crippen LogP contribution in [-0.2, 0) is 9.53 Å². The van der Waals surface area contributed by atoms with Crippen molar-refractivity contribution in [2.45, 2.75) is 40.0 Å². The zero-order valence-corrected chi connectivity index (χ0v) is 8.93. The van der Waals surface area contributed by atoms with E-state index in [0.717, 1.165) is 26.1 Å². The van der Waals surface area contributed by atoms with E-state index in [2.05, 4.69) is 13.8 Å². The van der Waals surface area contributed by atoms with Gasteiger partial charge in [-0.05, 0) is 25.7 Å². The van der Waals surface area contributed by atoms with Crippen LogP contribution in [0.2, 0.25) is 0 Å². The Morgan fingerprint density at radius 3 is 2.38 bits per heavy atom. The van der Waals surface area contributed by atoms with Gasteiger partial charge in [-0.15, -0.1) is 0 Å². The molecule has 0 aliphatic carbocycles. The van der Waals surface area contributed by atoms with Gasteiger partial charge in [0.15, 0.2) is 0 Å². The van der Waals surface area contributed by atoms with Crippen LogP contribution < -0.4 is 0 Å². The molecular weight excluding hydrogens is 164 g/mol. The normalized spacial score (nSPS) is 20.0. The van der Waals surface area contributed by atoms with Crippen LogP contribution in [0.25, 0.3) is 0 Å². The van der Waals surface area contributed by atoms with Crippen LogP contribution >= 0.6 is 0 Å². The van der Waals surface area contributed by atoms with Crippen LogP contribution in [0.15, 0.2) is 0 Å². The molecule has 0 unspecified atom stereocenters. The van der Waals surface area contributed by atoms with Gasteiger partial charge in [0.1, 0.15) is 5.78 Å². The maximum absolute atomic E-state index is 10.9. The van der Waals surface area contributed by atoms with Crippen molar-refractivity contribution in [3.05, 3.63) is 0 Å². The Morgan fingerprint density at radius 1 is 1.46 bits per heavy atom. The topological polar surface area (TPSA) is 26.3 Å². The van der Waals surface area contributed by atoms with Gasteiger partial charge in [0.05, 0.1) is 13.2 Å². The fourth-order valence-corrected chi connectivity index (χ4v) is 2.06. The standard InChI is InChI=1S/C11H20O2/c1-9(2)6-11(7-13-8-11)5-4-10(3)12/h9H,4-8H2,1-3H3. The molecular formula is C11H20O2. The van der Waals surface area contributed by atoms with Crippen LogP contribution in [0.4, 0.5) is 0 Å². The van der Waals surface area contributed by atoms with Crippen LogP contribution in [0.1, 0.15) is 40.0 Å². The van der Waals surface area contributed by atoms with Gasteiger partial charge in [-0.3, -0.25) is 0 Å². The van der Waals surface area contributed by atoms with Gasteiger partial charge in [-0.2, -0.15) is 0 Å². The molecule has 1 aliphatic heterocycles. The first-order chi connectivity index (χ1) is 6.04. The van der Waals surface area contributed by atoms with E-state index >= 15 is 0 Å². The van der Waals surface area contributed by atoms with Crippen LogP contribution in [0.3, 0.4) is 0 Å². The molecule has 1 fully saturated rings. The highest BCUT2D eigenvalue weighted by Gasteiger charge is 2.38. The summed E-state index contributed by atoms with van der Waals surface area (Å²) in [5.41, 5.74) is 0.333. The van der Waals surface area contributed by atoms with Gasteiger partial charge < -0.3 is 9.53 Å². The lowest BCUT2D eigenvalue weighted by Crippen LogP contribution is -2.43. The molecule has 1 heterocycles. The van der Waals surface area contributed by atoms with E-state index in [1.807, 2.05) is 0 Å². The zero-order valence-electron chi connectivity index (χ0n) is 8.93. The Bertz CT molecular complexity index is 181. The lowest BCUT2D eigenvalue weighted by Gasteiger charge is -2.42. The number of hydrogen-bond acceptors (Lipinski definition) is 2. The van der Waals surface area contributed by atoms with Crippen molar-refractivity contribution in [3.8, 4) is 0 Å². The second-order valence-corrected chi connectivity index (χ2v) is 4.79. The fraction of sp³-hybridized carbons (Fsp3) is 0.909. The van der Waals surface area contributed by atoms with Crippen molar-refractivity contribution >= 4 is 5.78 Å². The number of hydrogen-bond donors (Lipinski definition) is 0. The molecule has 1 aliphatic rings. The summed E-state index contributed by atoms with van der Waals surface area (Å²) in [5, 5.41) is 0. The van der Waals surface area contributed by atoms with Crippen molar-refractivity contribution < 1.29 is 9.53 Å². The maximum Gasteiger partial charge on any atom is 0.129 e. The summed E-state index contributed by atoms with van der Waals surface area (Å²) in [6, 6.07) is 0. The molecule has 2 nitrogen and oxygen atoms in total. The quantitative estimate of drug-likeness (QED) is 0.656. The van der Waals surface area contributed by atoms with Gasteiger partial charge in [0.2, 0.25) is 0 Å². The van der Waals surface area contributed by atoms with E-state index < -0.39 is 0 Å². The molecule has 1 rings (SSSR count). The average molecular weight is 184 g/mol. The monoisotopic (exact) mass is 184 g/mol. The largest absolute Gasteiger partial charge is 0.380 e. The molecule has 0 aromatic heterocycles. The predicted octanol–water partition coefficient (Wildman–Crippen LogP) is 2.42. The number of ether oxygens (including phenoxy) is 1. The number of carbonyl (C=O) groups excluding carboxylic acids is 1. The van der Waals surface area contributed by atoms with Gasteiger partial charge in [0, 0.05) is 11.8 Å². The summed E-state index contributed by atoms with van der Waals surface area (Å²) in [6.07, 6.45) is 2.93. The Morgan fingerprint density at radius 2 is 2.08 bits per heavy atom. The second-order valence-electron chi connectivity index (χ2n) is 4.79. The first kappa shape index (κ1) is 10.7. The van der Waals surface area contributed by atoms with E-state index in [1.165, 1.54) is 6.42 Å². The number of ketones is 1. The van der Waals surface area contributed by atoms with E-state index in [1.54, 1.807) is 6.92 Å². The molecule has 0 amide bonds. The number of Topliss-reactive ketones (excluding diaryl/α,β-unsaturated/α-hetero) is 1. The maximum atomic E-state index is 10.9. The summed E-state index contributed by atoms with van der Waals surface area (Å²) in [6.45, 7) is 7.85. The first-order valence-corrected chi connectivity index (χ1v) is 5.11. The Balaban J connectivity index is 2.35. The van der Waals surface area contributed by atoms with E-state index in [9.17, 15) is 4.79 Å². The lowest BCUT2D eigenvalue weighted by molar-refractivity contribution is -0.134. The highest BCUT2D eigenvalue weighted by atomic mass is 16.5. The molecule has 0 N–H and O–H groups in total. The first-order valence-electron chi connectivity index (χ1n) is 5.11. The van der Waals surface area contributed by atoms with Crippen LogP contribution in [0, 0.1) is 11.3 Å².